The Kier molecular flexibility index (Phi) is 6.12. The maximum absolute atomic E-state index is 11.6. The Labute approximate surface area is 85.2 Å². The molecule has 4 nitrogen and oxygen atoms in total. The van der Waals surface area contributed by atoms with Gasteiger partial charge < -0.3 is 11.1 Å². The van der Waals surface area contributed by atoms with Crippen LogP contribution in [0.2, 0.25) is 0 Å². The van der Waals surface area contributed by atoms with Crippen molar-refractivity contribution in [3.05, 3.63) is 0 Å². The largest absolute Gasteiger partial charge is 0.370 e. The van der Waals surface area contributed by atoms with Gasteiger partial charge in [0.15, 0.2) is 5.78 Å². The first-order valence-corrected chi connectivity index (χ1v) is 5.04. The summed E-state index contributed by atoms with van der Waals surface area (Å²) in [6.45, 7) is 6.38. The van der Waals surface area contributed by atoms with Crippen molar-refractivity contribution in [2.75, 3.05) is 6.54 Å². The highest BCUT2D eigenvalue weighted by Gasteiger charge is 2.20. The van der Waals surface area contributed by atoms with Gasteiger partial charge in [-0.25, -0.2) is 0 Å². The zero-order chi connectivity index (χ0) is 11.1. The van der Waals surface area contributed by atoms with Gasteiger partial charge in [-0.05, 0) is 13.0 Å². The lowest BCUT2D eigenvalue weighted by Crippen LogP contribution is -2.39. The number of Topliss-reactive ketones (excluding diaryl/α,β-unsaturated/α-hetero) is 1. The number of carbonyl (C=O) groups is 2. The number of hydrogen-bond acceptors (Lipinski definition) is 3. The van der Waals surface area contributed by atoms with Crippen LogP contribution >= 0.6 is 0 Å². The fourth-order valence-electron chi connectivity index (χ4n) is 1.28. The topological polar surface area (TPSA) is 72.2 Å². The molecule has 14 heavy (non-hydrogen) atoms. The van der Waals surface area contributed by atoms with E-state index in [2.05, 4.69) is 5.32 Å². The molecule has 0 aliphatic heterocycles. The molecule has 0 radical (unpaired) electrons. The van der Waals surface area contributed by atoms with Crippen molar-refractivity contribution in [1.82, 2.24) is 5.32 Å². The molecule has 0 aliphatic carbocycles. The molecule has 0 aromatic carbocycles. The predicted molar refractivity (Wildman–Crippen MR) is 55.7 cm³/mol. The number of likely N-dealkylation sites (N-methyl/N-ethyl adjacent to an activating group) is 1. The van der Waals surface area contributed by atoms with Crippen LogP contribution in [0.25, 0.3) is 0 Å². The van der Waals surface area contributed by atoms with Crippen LogP contribution in [0.1, 0.15) is 33.6 Å². The summed E-state index contributed by atoms with van der Waals surface area (Å²) in [6, 6.07) is -0.229. The highest BCUT2D eigenvalue weighted by Crippen LogP contribution is 2.05. The zero-order valence-corrected chi connectivity index (χ0v) is 9.17. The van der Waals surface area contributed by atoms with Gasteiger partial charge in [-0.1, -0.05) is 20.8 Å². The van der Waals surface area contributed by atoms with Crippen LogP contribution in [-0.4, -0.2) is 24.3 Å². The third kappa shape index (κ3) is 4.97. The van der Waals surface area contributed by atoms with Crippen LogP contribution in [-0.2, 0) is 9.59 Å². The lowest BCUT2D eigenvalue weighted by molar-refractivity contribution is -0.124. The van der Waals surface area contributed by atoms with Gasteiger partial charge in [-0.3, -0.25) is 9.59 Å². The van der Waals surface area contributed by atoms with Crippen molar-refractivity contribution in [3.63, 3.8) is 0 Å². The van der Waals surface area contributed by atoms with Crippen molar-refractivity contribution in [1.29, 1.82) is 0 Å². The second kappa shape index (κ2) is 6.54. The average molecular weight is 200 g/mol. The van der Waals surface area contributed by atoms with Gasteiger partial charge >= 0.3 is 0 Å². The molecule has 0 aromatic rings. The van der Waals surface area contributed by atoms with E-state index in [1.807, 2.05) is 20.8 Å². The highest BCUT2D eigenvalue weighted by molar-refractivity contribution is 5.86. The van der Waals surface area contributed by atoms with Gasteiger partial charge in [0, 0.05) is 12.3 Å². The lowest BCUT2D eigenvalue weighted by Gasteiger charge is -2.17. The van der Waals surface area contributed by atoms with Crippen molar-refractivity contribution in [2.45, 2.75) is 39.7 Å². The molecule has 3 N–H and O–H groups in total. The maximum Gasteiger partial charge on any atom is 0.217 e. The zero-order valence-electron chi connectivity index (χ0n) is 9.17. The second-order valence-corrected chi connectivity index (χ2v) is 3.67. The first-order chi connectivity index (χ1) is 6.49. The summed E-state index contributed by atoms with van der Waals surface area (Å²) in [6.07, 6.45) is 0.760. The predicted octanol–water partition coefficient (Wildman–Crippen LogP) is 0.455. The van der Waals surface area contributed by atoms with Crippen molar-refractivity contribution in [2.24, 2.45) is 11.7 Å². The van der Waals surface area contributed by atoms with Gasteiger partial charge in [0.25, 0.3) is 0 Å². The molecule has 0 unspecified atom stereocenters. The molecule has 1 atom stereocenters. The van der Waals surface area contributed by atoms with E-state index in [-0.39, 0.29) is 30.1 Å². The van der Waals surface area contributed by atoms with E-state index in [1.54, 1.807) is 0 Å². The molecule has 0 spiro atoms. The third-order valence-corrected chi connectivity index (χ3v) is 2.04. The lowest BCUT2D eigenvalue weighted by atomic mass is 9.98. The standard InChI is InChI=1S/C10H20N2O2/c1-4-12-8(5-6-9(11)13)10(14)7(2)3/h7-8,12H,4-6H2,1-3H3,(H2,11,13)/t8-/m0/s1. The number of nitrogens with two attached hydrogens (primary N) is 1. The molecular weight excluding hydrogens is 180 g/mol. The number of hydrogen-bond donors (Lipinski definition) is 2. The van der Waals surface area contributed by atoms with Gasteiger partial charge in [0.1, 0.15) is 0 Å². The number of carbonyl (C=O) groups excluding carboxylic acids is 2. The summed E-state index contributed by atoms with van der Waals surface area (Å²) in [7, 11) is 0. The van der Waals surface area contributed by atoms with Crippen LogP contribution in [0.4, 0.5) is 0 Å². The Balaban J connectivity index is 4.14. The normalized spacial score (nSPS) is 12.9. The van der Waals surface area contributed by atoms with Crippen LogP contribution in [0.3, 0.4) is 0 Å². The Morgan fingerprint density at radius 2 is 1.93 bits per heavy atom. The Hall–Kier alpha value is -0.900. The van der Waals surface area contributed by atoms with Crippen LogP contribution in [0, 0.1) is 5.92 Å². The number of amides is 1. The molecule has 82 valence electrons. The minimum Gasteiger partial charge on any atom is -0.370 e. The SMILES string of the molecule is CCN[C@@H](CCC(N)=O)C(=O)C(C)C. The Bertz CT molecular complexity index is 202. The quantitative estimate of drug-likeness (QED) is 0.627. The molecule has 0 heterocycles. The molecule has 0 fully saturated rings. The average Bonchev–Trinajstić information content (AvgIpc) is 2.10. The molecule has 1 amide bonds. The first kappa shape index (κ1) is 13.1. The van der Waals surface area contributed by atoms with Gasteiger partial charge in [-0.15, -0.1) is 0 Å². The maximum atomic E-state index is 11.6. The smallest absolute Gasteiger partial charge is 0.217 e. The minimum absolute atomic E-state index is 0.00748. The summed E-state index contributed by atoms with van der Waals surface area (Å²) in [5.74, 6) is -0.218. The number of ketones is 1. The van der Waals surface area contributed by atoms with E-state index >= 15 is 0 Å². The minimum atomic E-state index is -0.357. The summed E-state index contributed by atoms with van der Waals surface area (Å²) >= 11 is 0. The third-order valence-electron chi connectivity index (χ3n) is 2.04. The van der Waals surface area contributed by atoms with Crippen LogP contribution in [0.15, 0.2) is 0 Å². The first-order valence-electron chi connectivity index (χ1n) is 5.04. The summed E-state index contributed by atoms with van der Waals surface area (Å²) in [5.41, 5.74) is 5.04. The van der Waals surface area contributed by atoms with Crippen molar-refractivity contribution < 1.29 is 9.59 Å². The van der Waals surface area contributed by atoms with Crippen LogP contribution in [0.5, 0.6) is 0 Å². The monoisotopic (exact) mass is 200 g/mol. The molecule has 0 aromatic heterocycles. The summed E-state index contributed by atoms with van der Waals surface area (Å²) in [5, 5.41) is 3.06. The van der Waals surface area contributed by atoms with E-state index < -0.39 is 0 Å². The van der Waals surface area contributed by atoms with Gasteiger partial charge in [0.2, 0.25) is 5.91 Å². The van der Waals surface area contributed by atoms with Gasteiger partial charge in [0.05, 0.1) is 6.04 Å². The van der Waals surface area contributed by atoms with E-state index in [9.17, 15) is 9.59 Å². The molecule has 4 heteroatoms. The van der Waals surface area contributed by atoms with Crippen molar-refractivity contribution >= 4 is 11.7 Å². The molecule has 0 saturated heterocycles. The molecule has 0 bridgehead atoms. The fraction of sp³-hybridized carbons (Fsp3) is 0.800. The second-order valence-electron chi connectivity index (χ2n) is 3.67. The van der Waals surface area contributed by atoms with E-state index in [0.717, 1.165) is 6.54 Å². The number of rotatable bonds is 7. The van der Waals surface area contributed by atoms with E-state index in [1.165, 1.54) is 0 Å². The Morgan fingerprint density at radius 1 is 1.36 bits per heavy atom. The fourth-order valence-corrected chi connectivity index (χ4v) is 1.28. The van der Waals surface area contributed by atoms with E-state index in [0.29, 0.717) is 6.42 Å². The van der Waals surface area contributed by atoms with Crippen LogP contribution < -0.4 is 11.1 Å². The number of primary amides is 1. The number of nitrogens with one attached hydrogen (secondary N) is 1. The molecule has 0 rings (SSSR count). The molecular formula is C10H20N2O2. The summed E-state index contributed by atoms with van der Waals surface area (Å²) < 4.78 is 0. The Morgan fingerprint density at radius 3 is 2.29 bits per heavy atom. The van der Waals surface area contributed by atoms with Crippen molar-refractivity contribution in [3.8, 4) is 0 Å². The summed E-state index contributed by atoms with van der Waals surface area (Å²) in [4.78, 5) is 22.2. The molecule has 0 saturated carbocycles. The highest BCUT2D eigenvalue weighted by atomic mass is 16.1. The van der Waals surface area contributed by atoms with Gasteiger partial charge in [-0.2, -0.15) is 0 Å². The van der Waals surface area contributed by atoms with E-state index in [4.69, 9.17) is 5.73 Å². The molecule has 0 aliphatic rings.